The molecule has 0 spiro atoms. The highest BCUT2D eigenvalue weighted by molar-refractivity contribution is 7.47. The van der Waals surface area contributed by atoms with E-state index in [1.165, 1.54) is 6.42 Å². The van der Waals surface area contributed by atoms with Crippen LogP contribution in [-0.2, 0) is 34.4 Å². The molecule has 1 atom stereocenters. The Labute approximate surface area is 196 Å². The van der Waals surface area contributed by atoms with Gasteiger partial charge in [0.15, 0.2) is 5.75 Å². The second-order valence-corrected chi connectivity index (χ2v) is 8.81. The van der Waals surface area contributed by atoms with Crippen LogP contribution in [0, 0.1) is 0 Å². The van der Waals surface area contributed by atoms with Gasteiger partial charge in [0.2, 0.25) is 0 Å². The van der Waals surface area contributed by atoms with E-state index >= 15 is 0 Å². The molecule has 2 rings (SSSR count). The van der Waals surface area contributed by atoms with Crippen LogP contribution in [0.2, 0.25) is 0 Å². The van der Waals surface area contributed by atoms with E-state index in [-0.39, 0.29) is 13.2 Å². The number of fused-ring (bicyclic) bond motifs is 1. The minimum Gasteiger partial charge on any atom is -0.379 e. The number of hydrogen-bond donors (Lipinski definition) is 1. The summed E-state index contributed by atoms with van der Waals surface area (Å²) < 4.78 is 37.9. The fourth-order valence-electron chi connectivity index (χ4n) is 3.23. The van der Waals surface area contributed by atoms with Crippen molar-refractivity contribution in [2.75, 3.05) is 46.2 Å². The topological polar surface area (TPSA) is 92.7 Å². The van der Waals surface area contributed by atoms with E-state index in [2.05, 4.69) is 6.92 Å². The van der Waals surface area contributed by atoms with Crippen LogP contribution >= 0.6 is 7.82 Å². The lowest BCUT2D eigenvalue weighted by atomic mass is 10.0. The smallest absolute Gasteiger partial charge is 0.379 e. The van der Waals surface area contributed by atoms with Crippen molar-refractivity contribution < 1.29 is 37.8 Å². The summed E-state index contributed by atoms with van der Waals surface area (Å²) in [4.78, 5) is 15.4. The summed E-state index contributed by atoms with van der Waals surface area (Å²) in [6.07, 6.45) is 5.23. The maximum absolute atomic E-state index is 12.3. The fourth-order valence-corrected chi connectivity index (χ4v) is 3.74. The molecule has 0 fully saturated rings. The number of unbranched alkanes of at least 4 members (excludes halogenated alkanes) is 3. The van der Waals surface area contributed by atoms with Crippen LogP contribution in [0.25, 0.3) is 10.8 Å². The van der Waals surface area contributed by atoms with Crippen LogP contribution in [0.15, 0.2) is 36.4 Å². The van der Waals surface area contributed by atoms with Gasteiger partial charge in [-0.05, 0) is 30.7 Å². The second kappa shape index (κ2) is 16.2. The van der Waals surface area contributed by atoms with Gasteiger partial charge in [-0.25, -0.2) is 4.57 Å². The average Bonchev–Trinajstić information content (AvgIpc) is 2.82. The molecule has 0 radical (unpaired) electrons. The SMILES string of the molecule is CCCCCCc1ccc2ccccc2c1OOP(=O)(O)OCCOCCOCCOCC. The Morgan fingerprint density at radius 2 is 1.52 bits per heavy atom. The molecule has 0 heterocycles. The molecule has 8 nitrogen and oxygen atoms in total. The largest absolute Gasteiger partial charge is 0.508 e. The highest BCUT2D eigenvalue weighted by atomic mass is 31.2. The van der Waals surface area contributed by atoms with Gasteiger partial charge in [0.25, 0.3) is 0 Å². The first-order valence-electron chi connectivity index (χ1n) is 11.6. The van der Waals surface area contributed by atoms with Gasteiger partial charge < -0.3 is 24.0 Å². The fraction of sp³-hybridized carbons (Fsp3) is 0.583. The van der Waals surface area contributed by atoms with Crippen molar-refractivity contribution in [1.82, 2.24) is 0 Å². The van der Waals surface area contributed by atoms with Crippen molar-refractivity contribution >= 4 is 18.6 Å². The first-order valence-corrected chi connectivity index (χ1v) is 13.1. The first kappa shape index (κ1) is 27.7. The van der Waals surface area contributed by atoms with Crippen LogP contribution in [0.5, 0.6) is 5.75 Å². The van der Waals surface area contributed by atoms with E-state index in [9.17, 15) is 9.46 Å². The molecule has 0 aromatic heterocycles. The van der Waals surface area contributed by atoms with Crippen molar-refractivity contribution in [3.05, 3.63) is 42.0 Å². The van der Waals surface area contributed by atoms with E-state index in [1.54, 1.807) is 0 Å². The third-order valence-electron chi connectivity index (χ3n) is 4.91. The minimum absolute atomic E-state index is 0.116. The Balaban J connectivity index is 1.80. The van der Waals surface area contributed by atoms with Gasteiger partial charge in [0.1, 0.15) is 0 Å². The van der Waals surface area contributed by atoms with E-state index in [4.69, 9.17) is 28.3 Å². The molecule has 0 bridgehead atoms. The van der Waals surface area contributed by atoms with Crippen molar-refractivity contribution in [1.29, 1.82) is 0 Å². The lowest BCUT2D eigenvalue weighted by molar-refractivity contribution is -0.128. The van der Waals surface area contributed by atoms with Gasteiger partial charge >= 0.3 is 7.82 Å². The molecule has 0 aliphatic carbocycles. The van der Waals surface area contributed by atoms with Crippen molar-refractivity contribution in [2.45, 2.75) is 46.0 Å². The molecule has 0 aliphatic rings. The van der Waals surface area contributed by atoms with Gasteiger partial charge in [-0.1, -0.05) is 67.3 Å². The van der Waals surface area contributed by atoms with Gasteiger partial charge in [0.05, 0.1) is 39.6 Å². The number of phosphoric ester groups is 1. The van der Waals surface area contributed by atoms with E-state index in [1.807, 2.05) is 43.3 Å². The van der Waals surface area contributed by atoms with Crippen molar-refractivity contribution in [3.63, 3.8) is 0 Å². The Morgan fingerprint density at radius 3 is 2.24 bits per heavy atom. The summed E-state index contributed by atoms with van der Waals surface area (Å²) in [7, 11) is -4.42. The maximum atomic E-state index is 12.3. The van der Waals surface area contributed by atoms with Crippen LogP contribution in [0.4, 0.5) is 0 Å². The molecular formula is C24H37O8P. The molecule has 33 heavy (non-hydrogen) atoms. The third kappa shape index (κ3) is 11.0. The lowest BCUT2D eigenvalue weighted by Gasteiger charge is -2.15. The molecule has 0 aliphatic heterocycles. The Morgan fingerprint density at radius 1 is 0.818 bits per heavy atom. The van der Waals surface area contributed by atoms with E-state index in [0.717, 1.165) is 42.0 Å². The summed E-state index contributed by atoms with van der Waals surface area (Å²) in [5.41, 5.74) is 0.928. The molecular weight excluding hydrogens is 447 g/mol. The van der Waals surface area contributed by atoms with E-state index in [0.29, 0.717) is 38.8 Å². The molecule has 0 saturated heterocycles. The molecule has 9 heteroatoms. The monoisotopic (exact) mass is 484 g/mol. The lowest BCUT2D eigenvalue weighted by Crippen LogP contribution is -2.12. The minimum atomic E-state index is -4.42. The van der Waals surface area contributed by atoms with Gasteiger partial charge in [-0.15, -0.1) is 0 Å². The number of ether oxygens (including phenoxy) is 3. The molecule has 2 aromatic carbocycles. The number of hydrogen-bond acceptors (Lipinski definition) is 7. The van der Waals surface area contributed by atoms with E-state index < -0.39 is 7.82 Å². The Kier molecular flexibility index (Phi) is 13.6. The van der Waals surface area contributed by atoms with Crippen LogP contribution in [0.1, 0.15) is 45.1 Å². The summed E-state index contributed by atoms with van der Waals surface area (Å²) in [6, 6.07) is 11.7. The normalized spacial score (nSPS) is 13.3. The summed E-state index contributed by atoms with van der Waals surface area (Å²) in [5, 5.41) is 1.78. The molecule has 0 saturated carbocycles. The summed E-state index contributed by atoms with van der Waals surface area (Å²) in [5.74, 6) is 0.447. The zero-order valence-electron chi connectivity index (χ0n) is 19.7. The predicted octanol–water partition coefficient (Wildman–Crippen LogP) is 5.46. The number of phosphoric acid groups is 1. The number of aryl methyl sites for hydroxylation is 1. The Bertz CT molecular complexity index is 844. The van der Waals surface area contributed by atoms with Crippen molar-refractivity contribution in [2.24, 2.45) is 0 Å². The predicted molar refractivity (Wildman–Crippen MR) is 127 cm³/mol. The highest BCUT2D eigenvalue weighted by Crippen LogP contribution is 2.44. The standard InChI is InChI=1S/C24H37O8P/c1-3-5-6-7-11-22-14-13-21-10-8-9-12-23(21)24(22)31-32-33(25,26)30-20-19-29-18-17-28-16-15-27-4-2/h8-10,12-14H,3-7,11,15-20H2,1-2H3,(H,25,26). The average molecular weight is 485 g/mol. The number of benzene rings is 2. The van der Waals surface area contributed by atoms with Crippen LogP contribution in [0.3, 0.4) is 0 Å². The highest BCUT2D eigenvalue weighted by Gasteiger charge is 2.25. The Hall–Kier alpha value is -1.51. The molecule has 0 amide bonds. The van der Waals surface area contributed by atoms with Gasteiger partial charge in [-0.3, -0.25) is 4.52 Å². The molecule has 186 valence electrons. The number of rotatable bonds is 19. The first-order chi connectivity index (χ1) is 16.1. The molecule has 1 N–H and O–H groups in total. The van der Waals surface area contributed by atoms with Crippen molar-refractivity contribution in [3.8, 4) is 5.75 Å². The summed E-state index contributed by atoms with van der Waals surface area (Å²) >= 11 is 0. The van der Waals surface area contributed by atoms with Crippen LogP contribution in [-0.4, -0.2) is 51.1 Å². The zero-order valence-corrected chi connectivity index (χ0v) is 20.6. The van der Waals surface area contributed by atoms with Crippen LogP contribution < -0.4 is 4.89 Å². The second-order valence-electron chi connectivity index (χ2n) is 7.47. The third-order valence-corrected chi connectivity index (χ3v) is 5.68. The molecule has 1 unspecified atom stereocenters. The quantitative estimate of drug-likeness (QED) is 0.122. The van der Waals surface area contributed by atoms with Gasteiger partial charge in [-0.2, -0.15) is 0 Å². The zero-order chi connectivity index (χ0) is 23.8. The summed E-state index contributed by atoms with van der Waals surface area (Å²) in [6.45, 7) is 6.56. The maximum Gasteiger partial charge on any atom is 0.508 e. The molecule has 2 aromatic rings. The van der Waals surface area contributed by atoms with Gasteiger partial charge in [0, 0.05) is 12.0 Å².